The molecule has 106 valence electrons. The van der Waals surface area contributed by atoms with Crippen LogP contribution in [0.25, 0.3) is 0 Å². The maximum Gasteiger partial charge on any atom is 0.0407 e. The Morgan fingerprint density at radius 3 is 2.21 bits per heavy atom. The van der Waals surface area contributed by atoms with Crippen molar-refractivity contribution in [3.05, 3.63) is 29.3 Å². The Hall–Kier alpha value is -0.770. The summed E-state index contributed by atoms with van der Waals surface area (Å²) in [6.45, 7) is 9.66. The molecule has 1 heterocycles. The molecule has 1 aliphatic rings. The van der Waals surface area contributed by atoms with Crippen LogP contribution in [0.4, 0.5) is 5.69 Å². The molecule has 1 aromatic carbocycles. The third-order valence-corrected chi connectivity index (χ3v) is 3.89. The standard InChI is InChI=1S/C15H24ClN3/c1-15(2,17)7-8-18-9-11-19(12-10-18)14-5-3-13(16)4-6-14/h3-6H,7-12,17H2,1-2H3. The van der Waals surface area contributed by atoms with Gasteiger partial charge in [-0.3, -0.25) is 4.90 Å². The molecular weight excluding hydrogens is 258 g/mol. The minimum Gasteiger partial charge on any atom is -0.369 e. The lowest BCUT2D eigenvalue weighted by Gasteiger charge is -2.37. The van der Waals surface area contributed by atoms with E-state index in [1.807, 2.05) is 12.1 Å². The molecule has 1 fully saturated rings. The van der Waals surface area contributed by atoms with E-state index in [-0.39, 0.29) is 5.54 Å². The average Bonchev–Trinajstić information content (AvgIpc) is 2.37. The van der Waals surface area contributed by atoms with Crippen LogP contribution in [-0.4, -0.2) is 43.2 Å². The maximum atomic E-state index is 6.04. The molecule has 0 unspecified atom stereocenters. The van der Waals surface area contributed by atoms with Crippen LogP contribution in [-0.2, 0) is 0 Å². The van der Waals surface area contributed by atoms with Gasteiger partial charge in [0.25, 0.3) is 0 Å². The minimum atomic E-state index is -0.0622. The predicted octanol–water partition coefficient (Wildman–Crippen LogP) is 2.59. The van der Waals surface area contributed by atoms with Crippen LogP contribution in [0.5, 0.6) is 0 Å². The highest BCUT2D eigenvalue weighted by Gasteiger charge is 2.19. The lowest BCUT2D eigenvalue weighted by molar-refractivity contribution is 0.236. The third kappa shape index (κ3) is 4.68. The van der Waals surface area contributed by atoms with E-state index >= 15 is 0 Å². The van der Waals surface area contributed by atoms with Crippen molar-refractivity contribution in [2.24, 2.45) is 5.73 Å². The second kappa shape index (κ2) is 6.12. The molecule has 1 saturated heterocycles. The van der Waals surface area contributed by atoms with Crippen molar-refractivity contribution in [1.29, 1.82) is 0 Å². The molecule has 19 heavy (non-hydrogen) atoms. The van der Waals surface area contributed by atoms with Crippen molar-refractivity contribution in [1.82, 2.24) is 4.90 Å². The van der Waals surface area contributed by atoms with Crippen LogP contribution in [0.15, 0.2) is 24.3 Å². The molecule has 1 aromatic rings. The van der Waals surface area contributed by atoms with Crippen molar-refractivity contribution in [3.8, 4) is 0 Å². The van der Waals surface area contributed by atoms with Crippen molar-refractivity contribution in [2.45, 2.75) is 25.8 Å². The molecular formula is C15H24ClN3. The van der Waals surface area contributed by atoms with Crippen molar-refractivity contribution in [2.75, 3.05) is 37.6 Å². The smallest absolute Gasteiger partial charge is 0.0407 e. The van der Waals surface area contributed by atoms with Crippen LogP contribution in [0.1, 0.15) is 20.3 Å². The van der Waals surface area contributed by atoms with Gasteiger partial charge < -0.3 is 10.6 Å². The van der Waals surface area contributed by atoms with Crippen LogP contribution in [0.2, 0.25) is 5.02 Å². The monoisotopic (exact) mass is 281 g/mol. The zero-order valence-electron chi connectivity index (χ0n) is 11.9. The van der Waals surface area contributed by atoms with Crippen LogP contribution >= 0.6 is 11.6 Å². The molecule has 2 rings (SSSR count). The number of rotatable bonds is 4. The fraction of sp³-hybridized carbons (Fsp3) is 0.600. The fourth-order valence-electron chi connectivity index (χ4n) is 2.33. The SMILES string of the molecule is CC(C)(N)CCN1CCN(c2ccc(Cl)cc2)CC1. The first-order valence-corrected chi connectivity index (χ1v) is 7.34. The number of halogens is 1. The summed E-state index contributed by atoms with van der Waals surface area (Å²) in [5.41, 5.74) is 7.24. The number of nitrogens with two attached hydrogens (primary N) is 1. The summed E-state index contributed by atoms with van der Waals surface area (Å²) in [7, 11) is 0. The number of anilines is 1. The summed E-state index contributed by atoms with van der Waals surface area (Å²) in [4.78, 5) is 4.92. The Labute approximate surface area is 121 Å². The summed E-state index contributed by atoms with van der Waals surface area (Å²) in [5.74, 6) is 0. The Bertz CT molecular complexity index is 389. The molecule has 4 heteroatoms. The van der Waals surface area contributed by atoms with Gasteiger partial charge in [0, 0.05) is 49.0 Å². The van der Waals surface area contributed by atoms with Gasteiger partial charge in [-0.25, -0.2) is 0 Å². The summed E-state index contributed by atoms with van der Waals surface area (Å²) >= 11 is 5.92. The van der Waals surface area contributed by atoms with Gasteiger partial charge in [0.1, 0.15) is 0 Å². The summed E-state index contributed by atoms with van der Waals surface area (Å²) in [5, 5.41) is 0.799. The highest BCUT2D eigenvalue weighted by atomic mass is 35.5. The van der Waals surface area contributed by atoms with E-state index in [9.17, 15) is 0 Å². The van der Waals surface area contributed by atoms with E-state index in [1.165, 1.54) is 5.69 Å². The first-order chi connectivity index (χ1) is 8.94. The Kier molecular flexibility index (Phi) is 4.71. The molecule has 0 aliphatic carbocycles. The van der Waals surface area contributed by atoms with Crippen LogP contribution in [0.3, 0.4) is 0 Å². The minimum absolute atomic E-state index is 0.0622. The first-order valence-electron chi connectivity index (χ1n) is 6.96. The average molecular weight is 282 g/mol. The summed E-state index contributed by atoms with van der Waals surface area (Å²) in [6, 6.07) is 8.11. The molecule has 0 atom stereocenters. The molecule has 0 radical (unpaired) electrons. The molecule has 0 aromatic heterocycles. The van der Waals surface area contributed by atoms with Gasteiger partial charge in [0.2, 0.25) is 0 Å². The predicted molar refractivity (Wildman–Crippen MR) is 83.0 cm³/mol. The second-order valence-electron chi connectivity index (χ2n) is 6.04. The van der Waals surface area contributed by atoms with Gasteiger partial charge in [-0.05, 0) is 44.5 Å². The number of nitrogens with zero attached hydrogens (tertiary/aromatic N) is 2. The highest BCUT2D eigenvalue weighted by Crippen LogP contribution is 2.19. The normalized spacial score (nSPS) is 17.8. The van der Waals surface area contributed by atoms with E-state index in [0.717, 1.165) is 44.2 Å². The number of benzene rings is 1. The van der Waals surface area contributed by atoms with E-state index in [2.05, 4.69) is 35.8 Å². The zero-order valence-corrected chi connectivity index (χ0v) is 12.7. The van der Waals surface area contributed by atoms with Crippen molar-refractivity contribution >= 4 is 17.3 Å². The van der Waals surface area contributed by atoms with E-state index < -0.39 is 0 Å². The van der Waals surface area contributed by atoms with Crippen LogP contribution < -0.4 is 10.6 Å². The van der Waals surface area contributed by atoms with E-state index in [4.69, 9.17) is 17.3 Å². The third-order valence-electron chi connectivity index (χ3n) is 3.64. The molecule has 0 spiro atoms. The zero-order chi connectivity index (χ0) is 13.9. The van der Waals surface area contributed by atoms with Crippen LogP contribution in [0, 0.1) is 0 Å². The Morgan fingerprint density at radius 2 is 1.68 bits per heavy atom. The summed E-state index contributed by atoms with van der Waals surface area (Å²) in [6.07, 6.45) is 1.05. The maximum absolute atomic E-state index is 6.04. The van der Waals surface area contributed by atoms with Gasteiger partial charge in [-0.1, -0.05) is 11.6 Å². The molecule has 0 saturated carbocycles. The van der Waals surface area contributed by atoms with Gasteiger partial charge in [0.05, 0.1) is 0 Å². The van der Waals surface area contributed by atoms with Gasteiger partial charge in [0.15, 0.2) is 0 Å². The number of hydrogen-bond acceptors (Lipinski definition) is 3. The molecule has 1 aliphatic heterocycles. The topological polar surface area (TPSA) is 32.5 Å². The van der Waals surface area contributed by atoms with Crippen molar-refractivity contribution < 1.29 is 0 Å². The largest absolute Gasteiger partial charge is 0.369 e. The molecule has 3 nitrogen and oxygen atoms in total. The summed E-state index contributed by atoms with van der Waals surface area (Å²) < 4.78 is 0. The lowest BCUT2D eigenvalue weighted by atomic mass is 10.0. The van der Waals surface area contributed by atoms with E-state index in [1.54, 1.807) is 0 Å². The molecule has 0 amide bonds. The first kappa shape index (κ1) is 14.6. The molecule has 0 bridgehead atoms. The van der Waals surface area contributed by atoms with E-state index in [0.29, 0.717) is 0 Å². The second-order valence-corrected chi connectivity index (χ2v) is 6.48. The highest BCUT2D eigenvalue weighted by molar-refractivity contribution is 6.30. The quantitative estimate of drug-likeness (QED) is 0.921. The Balaban J connectivity index is 1.81. The lowest BCUT2D eigenvalue weighted by Crippen LogP contribution is -2.48. The number of piperazine rings is 1. The van der Waals surface area contributed by atoms with Crippen molar-refractivity contribution in [3.63, 3.8) is 0 Å². The van der Waals surface area contributed by atoms with Gasteiger partial charge in [-0.15, -0.1) is 0 Å². The fourth-order valence-corrected chi connectivity index (χ4v) is 2.45. The van der Waals surface area contributed by atoms with Gasteiger partial charge in [-0.2, -0.15) is 0 Å². The molecule has 2 N–H and O–H groups in total. The van der Waals surface area contributed by atoms with Gasteiger partial charge >= 0.3 is 0 Å². The number of hydrogen-bond donors (Lipinski definition) is 1. The Morgan fingerprint density at radius 1 is 1.11 bits per heavy atom.